The van der Waals surface area contributed by atoms with Gasteiger partial charge in [-0.3, -0.25) is 0 Å². The molecule has 2 unspecified atom stereocenters. The van der Waals surface area contributed by atoms with Crippen LogP contribution in [0.1, 0.15) is 36.6 Å². The summed E-state index contributed by atoms with van der Waals surface area (Å²) >= 11 is 6.53. The van der Waals surface area contributed by atoms with Gasteiger partial charge in [-0.1, -0.05) is 54.6 Å². The Hall–Kier alpha value is -1.31. The maximum atomic E-state index is 6.53. The lowest BCUT2D eigenvalue weighted by Gasteiger charge is -2.14. The van der Waals surface area contributed by atoms with Gasteiger partial charge < -0.3 is 4.74 Å². The molecule has 2 aromatic rings. The molecule has 1 nitrogen and oxygen atoms in total. The van der Waals surface area contributed by atoms with Crippen LogP contribution in [0.5, 0.6) is 0 Å². The van der Waals surface area contributed by atoms with Gasteiger partial charge in [-0.2, -0.15) is 0 Å². The van der Waals surface area contributed by atoms with Crippen molar-refractivity contribution >= 4 is 11.6 Å². The van der Waals surface area contributed by atoms with Crippen molar-refractivity contribution in [3.8, 4) is 11.1 Å². The van der Waals surface area contributed by atoms with Gasteiger partial charge in [0, 0.05) is 6.61 Å². The first-order chi connectivity index (χ1) is 10.3. The third kappa shape index (κ3) is 3.87. The molecule has 0 aliphatic carbocycles. The number of halogens is 1. The summed E-state index contributed by atoms with van der Waals surface area (Å²) in [5, 5.41) is 0.0824. The molecule has 2 aromatic carbocycles. The summed E-state index contributed by atoms with van der Waals surface area (Å²) in [6.07, 6.45) is 4.86. The van der Waals surface area contributed by atoms with Gasteiger partial charge in [-0.25, -0.2) is 0 Å². The van der Waals surface area contributed by atoms with Crippen molar-refractivity contribution in [3.05, 3.63) is 60.2 Å². The molecule has 1 aliphatic rings. The quantitative estimate of drug-likeness (QED) is 0.654. The number of hydrogen-bond acceptors (Lipinski definition) is 1. The number of benzene rings is 2. The second-order valence-electron chi connectivity index (χ2n) is 5.67. The van der Waals surface area contributed by atoms with Gasteiger partial charge in [-0.05, 0) is 42.4 Å². The van der Waals surface area contributed by atoms with Crippen molar-refractivity contribution in [2.24, 2.45) is 0 Å². The molecule has 0 aromatic heterocycles. The van der Waals surface area contributed by atoms with E-state index in [1.807, 2.05) is 6.07 Å². The van der Waals surface area contributed by atoms with Crippen LogP contribution in [0.4, 0.5) is 0 Å². The van der Waals surface area contributed by atoms with Gasteiger partial charge in [0.15, 0.2) is 0 Å². The summed E-state index contributed by atoms with van der Waals surface area (Å²) in [4.78, 5) is 0. The van der Waals surface area contributed by atoms with Crippen LogP contribution in [0.25, 0.3) is 11.1 Å². The van der Waals surface area contributed by atoms with E-state index in [9.17, 15) is 0 Å². The van der Waals surface area contributed by atoms with E-state index in [2.05, 4.69) is 48.5 Å². The first kappa shape index (κ1) is 14.6. The molecule has 1 fully saturated rings. The molecule has 21 heavy (non-hydrogen) atoms. The number of rotatable bonds is 5. The summed E-state index contributed by atoms with van der Waals surface area (Å²) in [5.41, 5.74) is 3.69. The predicted molar refractivity (Wildman–Crippen MR) is 88.7 cm³/mol. The zero-order chi connectivity index (χ0) is 14.5. The summed E-state index contributed by atoms with van der Waals surface area (Å²) in [5.74, 6) is 0. The van der Waals surface area contributed by atoms with Crippen molar-refractivity contribution in [2.75, 3.05) is 6.61 Å². The smallest absolute Gasteiger partial charge is 0.0586 e. The zero-order valence-electron chi connectivity index (χ0n) is 12.2. The molecule has 3 rings (SSSR count). The van der Waals surface area contributed by atoms with Crippen molar-refractivity contribution in [1.29, 1.82) is 0 Å². The average Bonchev–Trinajstić information content (AvgIpc) is 3.07. The first-order valence-corrected chi connectivity index (χ1v) is 8.17. The monoisotopic (exact) mass is 300 g/mol. The van der Waals surface area contributed by atoms with E-state index in [4.69, 9.17) is 16.3 Å². The second-order valence-corrected chi connectivity index (χ2v) is 6.19. The summed E-state index contributed by atoms with van der Waals surface area (Å²) in [7, 11) is 0. The van der Waals surface area contributed by atoms with E-state index in [1.165, 1.54) is 29.5 Å². The van der Waals surface area contributed by atoms with Crippen LogP contribution in [-0.2, 0) is 4.74 Å². The molecule has 0 radical (unpaired) electrons. The fourth-order valence-electron chi connectivity index (χ4n) is 2.89. The van der Waals surface area contributed by atoms with Gasteiger partial charge in [0.05, 0.1) is 11.5 Å². The molecule has 0 spiro atoms. The largest absolute Gasteiger partial charge is 0.378 e. The minimum atomic E-state index is 0.0824. The molecule has 1 saturated heterocycles. The highest BCUT2D eigenvalue weighted by Crippen LogP contribution is 2.30. The van der Waals surface area contributed by atoms with E-state index >= 15 is 0 Å². The molecule has 1 aliphatic heterocycles. The third-order valence-electron chi connectivity index (χ3n) is 4.15. The number of alkyl halides is 1. The Kier molecular flexibility index (Phi) is 4.95. The van der Waals surface area contributed by atoms with E-state index in [0.717, 1.165) is 19.4 Å². The van der Waals surface area contributed by atoms with E-state index in [1.54, 1.807) is 0 Å². The van der Waals surface area contributed by atoms with Crippen LogP contribution in [-0.4, -0.2) is 12.7 Å². The van der Waals surface area contributed by atoms with Crippen molar-refractivity contribution < 1.29 is 4.74 Å². The van der Waals surface area contributed by atoms with Crippen molar-refractivity contribution in [2.45, 2.75) is 37.2 Å². The number of ether oxygens (including phenoxy) is 1. The Morgan fingerprint density at radius 3 is 2.38 bits per heavy atom. The third-order valence-corrected chi connectivity index (χ3v) is 4.62. The summed E-state index contributed by atoms with van der Waals surface area (Å²) in [6, 6.07) is 19.0. The zero-order valence-corrected chi connectivity index (χ0v) is 12.9. The maximum Gasteiger partial charge on any atom is 0.0586 e. The Morgan fingerprint density at radius 1 is 1.00 bits per heavy atom. The highest BCUT2D eigenvalue weighted by molar-refractivity contribution is 6.20. The van der Waals surface area contributed by atoms with Crippen molar-refractivity contribution in [3.63, 3.8) is 0 Å². The molecule has 0 amide bonds. The summed E-state index contributed by atoms with van der Waals surface area (Å²) < 4.78 is 5.66. The van der Waals surface area contributed by atoms with E-state index < -0.39 is 0 Å². The molecular weight excluding hydrogens is 280 g/mol. The highest BCUT2D eigenvalue weighted by atomic mass is 35.5. The van der Waals surface area contributed by atoms with E-state index in [0.29, 0.717) is 6.10 Å². The average molecular weight is 301 g/mol. The lowest BCUT2D eigenvalue weighted by molar-refractivity contribution is 0.102. The van der Waals surface area contributed by atoms with Gasteiger partial charge in [0.1, 0.15) is 0 Å². The van der Waals surface area contributed by atoms with Gasteiger partial charge in [-0.15, -0.1) is 11.6 Å². The predicted octanol–water partition coefficient (Wildman–Crippen LogP) is 5.59. The van der Waals surface area contributed by atoms with Crippen LogP contribution < -0.4 is 0 Å². The second kappa shape index (κ2) is 7.11. The van der Waals surface area contributed by atoms with Gasteiger partial charge >= 0.3 is 0 Å². The lowest BCUT2D eigenvalue weighted by atomic mass is 10.0. The molecule has 0 saturated carbocycles. The first-order valence-electron chi connectivity index (χ1n) is 7.74. The minimum absolute atomic E-state index is 0.0824. The molecule has 110 valence electrons. The van der Waals surface area contributed by atoms with E-state index in [-0.39, 0.29) is 5.38 Å². The summed E-state index contributed by atoms with van der Waals surface area (Å²) in [6.45, 7) is 0.920. The molecular formula is C19H21ClO. The van der Waals surface area contributed by atoms with Gasteiger partial charge in [0.2, 0.25) is 0 Å². The Morgan fingerprint density at radius 2 is 1.71 bits per heavy atom. The van der Waals surface area contributed by atoms with Gasteiger partial charge in [0.25, 0.3) is 0 Å². The van der Waals surface area contributed by atoms with Crippen LogP contribution >= 0.6 is 11.6 Å². The maximum absolute atomic E-state index is 6.53. The number of hydrogen-bond donors (Lipinski definition) is 0. The Balaban J connectivity index is 1.60. The fraction of sp³-hybridized carbons (Fsp3) is 0.368. The standard InChI is InChI=1S/C19H21ClO/c20-19(13-12-18-7-4-14-21-18)17-10-8-16(9-11-17)15-5-2-1-3-6-15/h1-3,5-6,8-11,18-19H,4,7,12-14H2. The minimum Gasteiger partial charge on any atom is -0.378 e. The fourth-order valence-corrected chi connectivity index (χ4v) is 3.16. The van der Waals surface area contributed by atoms with Crippen LogP contribution in [0.3, 0.4) is 0 Å². The molecule has 2 atom stereocenters. The molecule has 0 bridgehead atoms. The molecule has 0 N–H and O–H groups in total. The lowest BCUT2D eigenvalue weighted by Crippen LogP contribution is -2.05. The Bertz CT molecular complexity index is 544. The van der Waals surface area contributed by atoms with Crippen molar-refractivity contribution in [1.82, 2.24) is 0 Å². The topological polar surface area (TPSA) is 9.23 Å². The molecule has 1 heterocycles. The Labute approximate surface area is 131 Å². The van der Waals surface area contributed by atoms with Crippen LogP contribution in [0, 0.1) is 0 Å². The SMILES string of the molecule is ClC(CCC1CCCO1)c1ccc(-c2ccccc2)cc1. The molecule has 2 heteroatoms. The van der Waals surface area contributed by atoms with Crippen LogP contribution in [0.2, 0.25) is 0 Å². The highest BCUT2D eigenvalue weighted by Gasteiger charge is 2.17. The normalized spacial score (nSPS) is 19.6. The van der Waals surface area contributed by atoms with Crippen LogP contribution in [0.15, 0.2) is 54.6 Å².